The van der Waals surface area contributed by atoms with E-state index in [1.54, 1.807) is 13.1 Å². The van der Waals surface area contributed by atoms with Gasteiger partial charge in [0.1, 0.15) is 5.75 Å². The number of rotatable bonds is 3. The van der Waals surface area contributed by atoms with Gasteiger partial charge in [-0.05, 0) is 46.6 Å². The SMILES string of the molecule is Cc1nnc(COc2ccc3nccc(C)c3c2Br)o1. The normalized spacial score (nSPS) is 10.9. The number of benzene rings is 1. The third-order valence-electron chi connectivity index (χ3n) is 2.94. The molecule has 5 nitrogen and oxygen atoms in total. The lowest BCUT2D eigenvalue weighted by molar-refractivity contribution is 0.259. The molecule has 0 aliphatic carbocycles. The van der Waals surface area contributed by atoms with E-state index in [0.29, 0.717) is 11.8 Å². The number of ether oxygens (including phenoxy) is 1. The van der Waals surface area contributed by atoms with E-state index in [2.05, 4.69) is 31.1 Å². The third-order valence-corrected chi connectivity index (χ3v) is 3.72. The average Bonchev–Trinajstić information content (AvgIpc) is 2.84. The molecule has 3 aromatic rings. The Morgan fingerprint density at radius 2 is 2.05 bits per heavy atom. The summed E-state index contributed by atoms with van der Waals surface area (Å²) in [5, 5.41) is 8.72. The largest absolute Gasteiger partial charge is 0.483 e. The van der Waals surface area contributed by atoms with Crippen molar-refractivity contribution in [3.63, 3.8) is 0 Å². The molecule has 0 radical (unpaired) electrons. The monoisotopic (exact) mass is 333 g/mol. The van der Waals surface area contributed by atoms with E-state index in [0.717, 1.165) is 26.7 Å². The maximum absolute atomic E-state index is 5.73. The summed E-state index contributed by atoms with van der Waals surface area (Å²) < 4.78 is 11.9. The topological polar surface area (TPSA) is 61.0 Å². The van der Waals surface area contributed by atoms with E-state index in [1.165, 1.54) is 0 Å². The third kappa shape index (κ3) is 2.38. The van der Waals surface area contributed by atoms with Crippen LogP contribution in [-0.4, -0.2) is 15.2 Å². The summed E-state index contributed by atoms with van der Waals surface area (Å²) in [6.07, 6.45) is 1.80. The fourth-order valence-electron chi connectivity index (χ4n) is 1.99. The van der Waals surface area contributed by atoms with E-state index in [-0.39, 0.29) is 6.61 Å². The first-order valence-corrected chi connectivity index (χ1v) is 6.90. The molecule has 1 aromatic carbocycles. The highest BCUT2D eigenvalue weighted by Gasteiger charge is 2.10. The van der Waals surface area contributed by atoms with E-state index in [9.17, 15) is 0 Å². The van der Waals surface area contributed by atoms with Gasteiger partial charge in [0.25, 0.3) is 5.89 Å². The molecule has 0 saturated carbocycles. The molecule has 20 heavy (non-hydrogen) atoms. The Bertz CT molecular complexity index is 770. The van der Waals surface area contributed by atoms with E-state index < -0.39 is 0 Å². The van der Waals surface area contributed by atoms with Crippen molar-refractivity contribution in [2.75, 3.05) is 0 Å². The Hall–Kier alpha value is -1.95. The Morgan fingerprint density at radius 1 is 1.20 bits per heavy atom. The van der Waals surface area contributed by atoms with Gasteiger partial charge in [0.15, 0.2) is 6.61 Å². The van der Waals surface area contributed by atoms with Crippen LogP contribution in [0.25, 0.3) is 10.9 Å². The lowest BCUT2D eigenvalue weighted by atomic mass is 10.1. The Kier molecular flexibility index (Phi) is 3.40. The Balaban J connectivity index is 1.92. The van der Waals surface area contributed by atoms with Gasteiger partial charge >= 0.3 is 0 Å². The second kappa shape index (κ2) is 5.20. The number of aromatic nitrogens is 3. The van der Waals surface area contributed by atoms with Crippen LogP contribution in [0.15, 0.2) is 33.3 Å². The van der Waals surface area contributed by atoms with Crippen LogP contribution in [0.4, 0.5) is 0 Å². The zero-order chi connectivity index (χ0) is 14.1. The number of halogens is 1. The van der Waals surface area contributed by atoms with Crippen LogP contribution in [0.2, 0.25) is 0 Å². The van der Waals surface area contributed by atoms with Gasteiger partial charge in [-0.2, -0.15) is 0 Å². The summed E-state index contributed by atoms with van der Waals surface area (Å²) in [7, 11) is 0. The number of aryl methyl sites for hydroxylation is 2. The van der Waals surface area contributed by atoms with Crippen molar-refractivity contribution >= 4 is 26.8 Å². The van der Waals surface area contributed by atoms with Crippen LogP contribution >= 0.6 is 15.9 Å². The van der Waals surface area contributed by atoms with Gasteiger partial charge in [0.05, 0.1) is 9.99 Å². The molecule has 2 aromatic heterocycles. The number of fused-ring (bicyclic) bond motifs is 1. The second-order valence-corrected chi connectivity index (χ2v) is 5.20. The molecule has 0 bridgehead atoms. The zero-order valence-electron chi connectivity index (χ0n) is 11.1. The molecular weight excluding hydrogens is 322 g/mol. The fraction of sp³-hybridized carbons (Fsp3) is 0.214. The number of nitrogens with zero attached hydrogens (tertiary/aromatic N) is 3. The minimum Gasteiger partial charge on any atom is -0.483 e. The van der Waals surface area contributed by atoms with Crippen molar-refractivity contribution in [3.8, 4) is 5.75 Å². The smallest absolute Gasteiger partial charge is 0.253 e. The predicted molar refractivity (Wildman–Crippen MR) is 77.5 cm³/mol. The van der Waals surface area contributed by atoms with Crippen LogP contribution in [0.3, 0.4) is 0 Å². The van der Waals surface area contributed by atoms with Crippen molar-refractivity contribution in [3.05, 3.63) is 46.2 Å². The molecule has 6 heteroatoms. The van der Waals surface area contributed by atoms with Crippen LogP contribution < -0.4 is 4.74 Å². The van der Waals surface area contributed by atoms with Crippen molar-refractivity contribution < 1.29 is 9.15 Å². The molecule has 0 amide bonds. The summed E-state index contributed by atoms with van der Waals surface area (Å²) in [6.45, 7) is 4.03. The molecule has 0 saturated heterocycles. The second-order valence-electron chi connectivity index (χ2n) is 4.40. The first kappa shape index (κ1) is 13.1. The van der Waals surface area contributed by atoms with Crippen LogP contribution in [0, 0.1) is 13.8 Å². The number of hydrogen-bond acceptors (Lipinski definition) is 5. The quantitative estimate of drug-likeness (QED) is 0.733. The molecule has 0 atom stereocenters. The first-order valence-electron chi connectivity index (χ1n) is 6.11. The molecule has 3 rings (SSSR count). The van der Waals surface area contributed by atoms with Crippen molar-refractivity contribution in [1.82, 2.24) is 15.2 Å². The molecule has 0 N–H and O–H groups in total. The fourth-order valence-corrected chi connectivity index (χ4v) is 2.75. The standard InChI is InChI=1S/C14H12BrN3O2/c1-8-5-6-16-10-3-4-11(14(15)13(8)10)19-7-12-18-17-9(2)20-12/h3-6H,7H2,1-2H3. The van der Waals surface area contributed by atoms with Crippen molar-refractivity contribution in [2.24, 2.45) is 0 Å². The average molecular weight is 334 g/mol. The van der Waals surface area contributed by atoms with E-state index >= 15 is 0 Å². The van der Waals surface area contributed by atoms with Crippen LogP contribution in [-0.2, 0) is 6.61 Å². The van der Waals surface area contributed by atoms with Gasteiger partial charge in [0, 0.05) is 18.5 Å². The molecule has 0 spiro atoms. The molecular formula is C14H12BrN3O2. The maximum Gasteiger partial charge on any atom is 0.253 e. The van der Waals surface area contributed by atoms with Crippen molar-refractivity contribution in [2.45, 2.75) is 20.5 Å². The van der Waals surface area contributed by atoms with Gasteiger partial charge in [0.2, 0.25) is 5.89 Å². The zero-order valence-corrected chi connectivity index (χ0v) is 12.6. The highest BCUT2D eigenvalue weighted by atomic mass is 79.9. The lowest BCUT2D eigenvalue weighted by Crippen LogP contribution is -1.97. The van der Waals surface area contributed by atoms with Crippen LogP contribution in [0.5, 0.6) is 5.75 Å². The van der Waals surface area contributed by atoms with Crippen LogP contribution in [0.1, 0.15) is 17.3 Å². The summed E-state index contributed by atoms with van der Waals surface area (Å²) in [4.78, 5) is 4.34. The van der Waals surface area contributed by atoms with Gasteiger partial charge in [-0.15, -0.1) is 10.2 Å². The highest BCUT2D eigenvalue weighted by molar-refractivity contribution is 9.10. The molecule has 0 aliphatic rings. The molecule has 102 valence electrons. The summed E-state index contributed by atoms with van der Waals surface area (Å²) in [5.41, 5.74) is 2.07. The predicted octanol–water partition coefficient (Wildman–Crippen LogP) is 3.58. The molecule has 2 heterocycles. The van der Waals surface area contributed by atoms with Gasteiger partial charge < -0.3 is 9.15 Å². The van der Waals surface area contributed by atoms with E-state index in [4.69, 9.17) is 9.15 Å². The number of hydrogen-bond donors (Lipinski definition) is 0. The Labute approximate surface area is 124 Å². The van der Waals surface area contributed by atoms with Crippen molar-refractivity contribution in [1.29, 1.82) is 0 Å². The summed E-state index contributed by atoms with van der Waals surface area (Å²) in [5.74, 6) is 1.71. The lowest BCUT2D eigenvalue weighted by Gasteiger charge is -2.10. The summed E-state index contributed by atoms with van der Waals surface area (Å²) in [6, 6.07) is 5.78. The Morgan fingerprint density at radius 3 is 2.80 bits per heavy atom. The minimum atomic E-state index is 0.240. The minimum absolute atomic E-state index is 0.240. The van der Waals surface area contributed by atoms with Gasteiger partial charge in [-0.25, -0.2) is 0 Å². The molecule has 0 unspecified atom stereocenters. The maximum atomic E-state index is 5.73. The van der Waals surface area contributed by atoms with Gasteiger partial charge in [-0.1, -0.05) is 0 Å². The first-order chi connectivity index (χ1) is 9.65. The van der Waals surface area contributed by atoms with Gasteiger partial charge in [-0.3, -0.25) is 4.98 Å². The number of pyridine rings is 1. The van der Waals surface area contributed by atoms with E-state index in [1.807, 2.05) is 25.1 Å². The highest BCUT2D eigenvalue weighted by Crippen LogP contribution is 2.34. The molecule has 0 fully saturated rings. The summed E-state index contributed by atoms with van der Waals surface area (Å²) >= 11 is 3.58. The molecule has 0 aliphatic heterocycles.